The lowest BCUT2D eigenvalue weighted by molar-refractivity contribution is 0.944. The van der Waals surface area contributed by atoms with Crippen molar-refractivity contribution in [3.8, 4) is 0 Å². The molecule has 106 valence electrons. The number of benzene rings is 2. The summed E-state index contributed by atoms with van der Waals surface area (Å²) in [6.07, 6.45) is 0.871. The number of thioether (sulfide) groups is 1. The van der Waals surface area contributed by atoms with Gasteiger partial charge in [-0.2, -0.15) is 0 Å². The monoisotopic (exact) mass is 305 g/mol. The number of hydrogen-bond acceptors (Lipinski definition) is 2. The van der Waals surface area contributed by atoms with Crippen molar-refractivity contribution in [3.63, 3.8) is 0 Å². The molecular formula is C17H20ClNS. The molecule has 2 rings (SSSR count). The fourth-order valence-electron chi connectivity index (χ4n) is 2.35. The molecule has 0 unspecified atom stereocenters. The molecule has 2 N–H and O–H groups in total. The van der Waals surface area contributed by atoms with Gasteiger partial charge in [-0.1, -0.05) is 40.9 Å². The van der Waals surface area contributed by atoms with Gasteiger partial charge in [0.05, 0.1) is 0 Å². The highest BCUT2D eigenvalue weighted by atomic mass is 35.5. The maximum atomic E-state index is 6.06. The predicted molar refractivity (Wildman–Crippen MR) is 89.7 cm³/mol. The molecule has 0 aliphatic rings. The summed E-state index contributed by atoms with van der Waals surface area (Å²) < 4.78 is 0. The summed E-state index contributed by atoms with van der Waals surface area (Å²) in [7, 11) is 0. The SMILES string of the molecule is Cc1cc(C)cc(CSc2ccc(Cl)cc2CCN)c1. The Kier molecular flexibility index (Phi) is 5.53. The Balaban J connectivity index is 2.13. The van der Waals surface area contributed by atoms with E-state index >= 15 is 0 Å². The van der Waals surface area contributed by atoms with E-state index in [4.69, 9.17) is 17.3 Å². The molecule has 1 nitrogen and oxygen atoms in total. The van der Waals surface area contributed by atoms with Gasteiger partial charge < -0.3 is 5.73 Å². The van der Waals surface area contributed by atoms with Gasteiger partial charge >= 0.3 is 0 Å². The van der Waals surface area contributed by atoms with Crippen molar-refractivity contribution < 1.29 is 0 Å². The van der Waals surface area contributed by atoms with E-state index in [2.05, 4.69) is 38.1 Å². The van der Waals surface area contributed by atoms with E-state index in [1.165, 1.54) is 27.1 Å². The van der Waals surface area contributed by atoms with E-state index in [1.807, 2.05) is 23.9 Å². The molecule has 0 heterocycles. The summed E-state index contributed by atoms with van der Waals surface area (Å²) >= 11 is 7.91. The summed E-state index contributed by atoms with van der Waals surface area (Å²) in [5, 5.41) is 0.782. The van der Waals surface area contributed by atoms with E-state index in [0.29, 0.717) is 6.54 Å². The molecule has 0 radical (unpaired) electrons. The van der Waals surface area contributed by atoms with Crippen LogP contribution in [0.1, 0.15) is 22.3 Å². The second kappa shape index (κ2) is 7.16. The van der Waals surface area contributed by atoms with E-state index in [-0.39, 0.29) is 0 Å². The van der Waals surface area contributed by atoms with Gasteiger partial charge in [0, 0.05) is 15.7 Å². The van der Waals surface area contributed by atoms with Crippen LogP contribution in [0.3, 0.4) is 0 Å². The zero-order chi connectivity index (χ0) is 14.5. The molecule has 3 heteroatoms. The summed E-state index contributed by atoms with van der Waals surface area (Å²) in [5.41, 5.74) is 10.9. The Bertz CT molecular complexity index is 575. The average Bonchev–Trinajstić information content (AvgIpc) is 2.37. The maximum Gasteiger partial charge on any atom is 0.0409 e. The molecule has 0 aromatic heterocycles. The normalized spacial score (nSPS) is 10.8. The predicted octanol–water partition coefficient (Wildman–Crippen LogP) is 4.75. The standard InChI is InChI=1S/C17H20ClNS/c1-12-7-13(2)9-14(8-12)11-20-17-4-3-16(18)10-15(17)5-6-19/h3-4,7-10H,5-6,11,19H2,1-2H3. The van der Waals surface area contributed by atoms with Crippen LogP contribution in [0.2, 0.25) is 5.02 Å². The van der Waals surface area contributed by atoms with Crippen LogP contribution in [-0.4, -0.2) is 6.54 Å². The van der Waals surface area contributed by atoms with Gasteiger partial charge in [-0.3, -0.25) is 0 Å². The lowest BCUT2D eigenvalue weighted by Gasteiger charge is -2.10. The van der Waals surface area contributed by atoms with E-state index in [1.54, 1.807) is 0 Å². The molecular weight excluding hydrogens is 286 g/mol. The van der Waals surface area contributed by atoms with Crippen molar-refractivity contribution in [2.75, 3.05) is 6.54 Å². The maximum absolute atomic E-state index is 6.06. The zero-order valence-electron chi connectivity index (χ0n) is 11.9. The molecule has 0 atom stereocenters. The van der Waals surface area contributed by atoms with Crippen LogP contribution in [-0.2, 0) is 12.2 Å². The van der Waals surface area contributed by atoms with Crippen LogP contribution in [0.5, 0.6) is 0 Å². The number of nitrogens with two attached hydrogens (primary N) is 1. The molecule has 2 aromatic rings. The number of hydrogen-bond donors (Lipinski definition) is 1. The highest BCUT2D eigenvalue weighted by molar-refractivity contribution is 7.98. The summed E-state index contributed by atoms with van der Waals surface area (Å²) in [6.45, 7) is 4.93. The molecule has 0 aliphatic heterocycles. The third-order valence-electron chi connectivity index (χ3n) is 3.11. The number of rotatable bonds is 5. The van der Waals surface area contributed by atoms with Gasteiger partial charge in [0.25, 0.3) is 0 Å². The van der Waals surface area contributed by atoms with Crippen molar-refractivity contribution in [1.29, 1.82) is 0 Å². The smallest absolute Gasteiger partial charge is 0.0409 e. The van der Waals surface area contributed by atoms with Crippen molar-refractivity contribution in [1.82, 2.24) is 0 Å². The fourth-order valence-corrected chi connectivity index (χ4v) is 3.55. The number of halogens is 1. The van der Waals surface area contributed by atoms with Crippen molar-refractivity contribution in [2.24, 2.45) is 5.73 Å². The molecule has 0 fully saturated rings. The fraction of sp³-hybridized carbons (Fsp3) is 0.294. The topological polar surface area (TPSA) is 26.0 Å². The largest absolute Gasteiger partial charge is 0.330 e. The van der Waals surface area contributed by atoms with Crippen molar-refractivity contribution >= 4 is 23.4 Å². The first kappa shape index (κ1) is 15.4. The average molecular weight is 306 g/mol. The third kappa shape index (κ3) is 4.27. The Morgan fingerprint density at radius 2 is 1.75 bits per heavy atom. The van der Waals surface area contributed by atoms with Gasteiger partial charge in [0.15, 0.2) is 0 Å². The van der Waals surface area contributed by atoms with Crippen LogP contribution in [0.4, 0.5) is 0 Å². The lowest BCUT2D eigenvalue weighted by Crippen LogP contribution is -2.03. The van der Waals surface area contributed by atoms with Crippen molar-refractivity contribution in [3.05, 3.63) is 63.7 Å². The molecule has 0 bridgehead atoms. The summed E-state index contributed by atoms with van der Waals surface area (Å²) in [5.74, 6) is 0.974. The molecule has 0 amide bonds. The Labute approximate surface area is 130 Å². The first-order valence-corrected chi connectivity index (χ1v) is 8.13. The van der Waals surface area contributed by atoms with E-state index in [0.717, 1.165) is 17.2 Å². The minimum absolute atomic E-state index is 0.650. The van der Waals surface area contributed by atoms with E-state index in [9.17, 15) is 0 Å². The first-order chi connectivity index (χ1) is 9.58. The highest BCUT2D eigenvalue weighted by Gasteiger charge is 2.05. The molecule has 20 heavy (non-hydrogen) atoms. The minimum atomic E-state index is 0.650. The van der Waals surface area contributed by atoms with Crippen molar-refractivity contribution in [2.45, 2.75) is 30.9 Å². The summed E-state index contributed by atoms with van der Waals surface area (Å²) in [4.78, 5) is 1.28. The first-order valence-electron chi connectivity index (χ1n) is 6.77. The van der Waals surface area contributed by atoms with Crippen LogP contribution in [0.15, 0.2) is 41.3 Å². The van der Waals surface area contributed by atoms with Crippen LogP contribution < -0.4 is 5.73 Å². The van der Waals surface area contributed by atoms with Gasteiger partial charge in [0.2, 0.25) is 0 Å². The highest BCUT2D eigenvalue weighted by Crippen LogP contribution is 2.29. The second-order valence-corrected chi connectivity index (χ2v) is 6.53. The van der Waals surface area contributed by atoms with Gasteiger partial charge in [-0.05, 0) is 56.1 Å². The Morgan fingerprint density at radius 3 is 2.40 bits per heavy atom. The van der Waals surface area contributed by atoms with Gasteiger partial charge in [-0.25, -0.2) is 0 Å². The minimum Gasteiger partial charge on any atom is -0.330 e. The van der Waals surface area contributed by atoms with Crippen LogP contribution >= 0.6 is 23.4 Å². The molecule has 2 aromatic carbocycles. The van der Waals surface area contributed by atoms with Gasteiger partial charge in [-0.15, -0.1) is 11.8 Å². The van der Waals surface area contributed by atoms with Crippen LogP contribution in [0, 0.1) is 13.8 Å². The molecule has 0 spiro atoms. The lowest BCUT2D eigenvalue weighted by atomic mass is 10.1. The zero-order valence-corrected chi connectivity index (χ0v) is 13.5. The molecule has 0 aliphatic carbocycles. The quantitative estimate of drug-likeness (QED) is 0.807. The molecule has 0 saturated heterocycles. The van der Waals surface area contributed by atoms with E-state index < -0.39 is 0 Å². The Hall–Kier alpha value is -0.960. The van der Waals surface area contributed by atoms with Gasteiger partial charge in [0.1, 0.15) is 0 Å². The number of aryl methyl sites for hydroxylation is 2. The van der Waals surface area contributed by atoms with Crippen LogP contribution in [0.25, 0.3) is 0 Å². The third-order valence-corrected chi connectivity index (χ3v) is 4.53. The second-order valence-electron chi connectivity index (χ2n) is 5.08. The summed E-state index contributed by atoms with van der Waals surface area (Å²) in [6, 6.07) is 12.8. The molecule has 0 saturated carbocycles. The Morgan fingerprint density at radius 1 is 1.05 bits per heavy atom.